The molecule has 1 saturated carbocycles. The number of hydrogen-bond acceptors (Lipinski definition) is 9. The van der Waals surface area contributed by atoms with Crippen molar-refractivity contribution < 1.29 is 0 Å². The van der Waals surface area contributed by atoms with Gasteiger partial charge in [0, 0.05) is 45.5 Å². The number of thiazole rings is 1. The maximum absolute atomic E-state index is 5.68. The van der Waals surface area contributed by atoms with Crippen molar-refractivity contribution in [2.75, 3.05) is 49.3 Å². The molecule has 0 aliphatic heterocycles. The molecule has 1 aliphatic rings. The number of benzene rings is 2. The number of nitrogens with zero attached hydrogens (tertiary/aromatic N) is 6. The summed E-state index contributed by atoms with van der Waals surface area (Å²) in [6.45, 7) is 4.55. The molecule has 4 aromatic rings. The predicted molar refractivity (Wildman–Crippen MR) is 179 cm³/mol. The zero-order chi connectivity index (χ0) is 29.3. The van der Waals surface area contributed by atoms with E-state index in [1.165, 1.54) is 37.7 Å². The van der Waals surface area contributed by atoms with Crippen LogP contribution >= 0.6 is 23.6 Å². The van der Waals surface area contributed by atoms with Crippen LogP contribution in [0.1, 0.15) is 56.9 Å². The van der Waals surface area contributed by atoms with Crippen molar-refractivity contribution in [1.29, 1.82) is 0 Å². The number of thiocarbonyl (C=S) groups is 1. The van der Waals surface area contributed by atoms with Gasteiger partial charge in [0.15, 0.2) is 5.11 Å². The van der Waals surface area contributed by atoms with Crippen molar-refractivity contribution in [2.45, 2.75) is 57.4 Å². The highest BCUT2D eigenvalue weighted by molar-refractivity contribution is 7.80. The van der Waals surface area contributed by atoms with Crippen LogP contribution in [0.5, 0.6) is 0 Å². The number of aromatic nitrogens is 4. The summed E-state index contributed by atoms with van der Waals surface area (Å²) in [6.07, 6.45) is 7.27. The van der Waals surface area contributed by atoms with Gasteiger partial charge in [0.25, 0.3) is 0 Å². The third-order valence-corrected chi connectivity index (χ3v) is 8.98. The zero-order valence-electron chi connectivity index (χ0n) is 24.7. The average Bonchev–Trinajstić information content (AvgIpc) is 3.48. The van der Waals surface area contributed by atoms with E-state index in [0.29, 0.717) is 36.3 Å². The van der Waals surface area contributed by atoms with Crippen molar-refractivity contribution >= 4 is 62.4 Å². The number of rotatable bonds is 12. The van der Waals surface area contributed by atoms with Gasteiger partial charge in [-0.2, -0.15) is 15.0 Å². The summed E-state index contributed by atoms with van der Waals surface area (Å²) in [6, 6.07) is 17.1. The first-order valence-corrected chi connectivity index (χ1v) is 16.1. The molecule has 1 unspecified atom stereocenters. The standard InChI is InChI=1S/C31H41N9S2/c1-22(23-11-6-4-7-12-23)20-32-28-36-29(34-25-15-16-26-27(19-25)42-21-33-26)38-30(37-28)39(2)17-10-18-40(3)31(41)35-24-13-8-5-9-14-24/h4,6-7,11-12,15-16,19,21-22,24H,5,8-10,13-14,17-18,20H2,1-3H3,(H,35,41)(H2,32,34,36,37,38). The lowest BCUT2D eigenvalue weighted by Gasteiger charge is -2.29. The largest absolute Gasteiger partial charge is 0.360 e. The van der Waals surface area contributed by atoms with E-state index in [-0.39, 0.29) is 0 Å². The molecule has 2 aromatic heterocycles. The topological polar surface area (TPSA) is 94.1 Å². The van der Waals surface area contributed by atoms with Gasteiger partial charge in [-0.1, -0.05) is 56.5 Å². The van der Waals surface area contributed by atoms with Crippen LogP contribution in [0.4, 0.5) is 23.5 Å². The van der Waals surface area contributed by atoms with E-state index in [1.807, 2.05) is 30.8 Å². The summed E-state index contributed by atoms with van der Waals surface area (Å²) in [7, 11) is 4.09. The highest BCUT2D eigenvalue weighted by Crippen LogP contribution is 2.25. The van der Waals surface area contributed by atoms with Crippen LogP contribution in [0.15, 0.2) is 54.0 Å². The second-order valence-corrected chi connectivity index (χ2v) is 12.4. The van der Waals surface area contributed by atoms with E-state index in [9.17, 15) is 0 Å². The minimum atomic E-state index is 0.302. The summed E-state index contributed by atoms with van der Waals surface area (Å²) in [4.78, 5) is 22.9. The Morgan fingerprint density at radius 1 is 1.00 bits per heavy atom. The van der Waals surface area contributed by atoms with Crippen molar-refractivity contribution in [2.24, 2.45) is 0 Å². The molecule has 5 rings (SSSR count). The van der Waals surface area contributed by atoms with Gasteiger partial charge >= 0.3 is 0 Å². The molecule has 0 radical (unpaired) electrons. The molecular weight excluding hydrogens is 563 g/mol. The van der Waals surface area contributed by atoms with Crippen LogP contribution in [0.25, 0.3) is 10.2 Å². The molecule has 0 bridgehead atoms. The normalized spacial score (nSPS) is 14.4. The van der Waals surface area contributed by atoms with E-state index in [2.05, 4.69) is 75.0 Å². The maximum atomic E-state index is 5.68. The quantitative estimate of drug-likeness (QED) is 0.158. The fourth-order valence-corrected chi connectivity index (χ4v) is 6.13. The van der Waals surface area contributed by atoms with Crippen LogP contribution in [0.3, 0.4) is 0 Å². The maximum Gasteiger partial charge on any atom is 0.233 e. The SMILES string of the molecule is CC(CNc1nc(Nc2ccc3ncsc3c2)nc(N(C)CCCN(C)C(=S)NC2CCCCC2)n1)c1ccccc1. The second-order valence-electron chi connectivity index (χ2n) is 11.1. The zero-order valence-corrected chi connectivity index (χ0v) is 26.3. The minimum Gasteiger partial charge on any atom is -0.360 e. The van der Waals surface area contributed by atoms with Gasteiger partial charge in [-0.3, -0.25) is 0 Å². The lowest BCUT2D eigenvalue weighted by molar-refractivity contribution is 0.392. The Bertz CT molecular complexity index is 1440. The minimum absolute atomic E-state index is 0.302. The van der Waals surface area contributed by atoms with Gasteiger partial charge in [0.2, 0.25) is 17.8 Å². The van der Waals surface area contributed by atoms with Crippen LogP contribution in [-0.2, 0) is 0 Å². The molecule has 2 aromatic carbocycles. The number of fused-ring (bicyclic) bond motifs is 1. The third-order valence-electron chi connectivity index (χ3n) is 7.75. The first-order valence-electron chi connectivity index (χ1n) is 14.8. The molecule has 11 heteroatoms. The molecule has 0 saturated heterocycles. The molecule has 0 amide bonds. The lowest BCUT2D eigenvalue weighted by atomic mass is 9.96. The van der Waals surface area contributed by atoms with Gasteiger partial charge in [-0.15, -0.1) is 11.3 Å². The summed E-state index contributed by atoms with van der Waals surface area (Å²) in [5, 5.41) is 11.2. The first-order chi connectivity index (χ1) is 20.4. The predicted octanol–water partition coefficient (Wildman–Crippen LogP) is 6.41. The summed E-state index contributed by atoms with van der Waals surface area (Å²) < 4.78 is 1.11. The number of anilines is 4. The second kappa shape index (κ2) is 14.6. The third kappa shape index (κ3) is 8.25. The molecule has 2 heterocycles. The monoisotopic (exact) mass is 603 g/mol. The highest BCUT2D eigenvalue weighted by Gasteiger charge is 2.17. The van der Waals surface area contributed by atoms with Crippen LogP contribution < -0.4 is 20.9 Å². The molecular formula is C31H41N9S2. The molecule has 3 N–H and O–H groups in total. The Labute approximate surface area is 258 Å². The van der Waals surface area contributed by atoms with Gasteiger partial charge < -0.3 is 25.8 Å². The van der Waals surface area contributed by atoms with E-state index in [1.54, 1.807) is 11.3 Å². The fourth-order valence-electron chi connectivity index (χ4n) is 5.15. The van der Waals surface area contributed by atoms with Gasteiger partial charge in [0.05, 0.1) is 15.7 Å². The average molecular weight is 604 g/mol. The Morgan fingerprint density at radius 3 is 2.60 bits per heavy atom. The molecule has 222 valence electrons. The Morgan fingerprint density at radius 2 is 1.79 bits per heavy atom. The van der Waals surface area contributed by atoms with Crippen LogP contribution in [0.2, 0.25) is 0 Å². The van der Waals surface area contributed by atoms with Gasteiger partial charge in [-0.25, -0.2) is 4.98 Å². The summed E-state index contributed by atoms with van der Waals surface area (Å²) in [5.74, 6) is 1.97. The molecule has 9 nitrogen and oxygen atoms in total. The van der Waals surface area contributed by atoms with E-state index < -0.39 is 0 Å². The lowest BCUT2D eigenvalue weighted by Crippen LogP contribution is -2.44. The molecule has 1 fully saturated rings. The fraction of sp³-hybridized carbons (Fsp3) is 0.452. The summed E-state index contributed by atoms with van der Waals surface area (Å²) in [5.41, 5.74) is 5.02. The van der Waals surface area contributed by atoms with Crippen molar-refractivity contribution in [1.82, 2.24) is 30.2 Å². The smallest absolute Gasteiger partial charge is 0.233 e. The Balaban J connectivity index is 1.24. The van der Waals surface area contributed by atoms with Gasteiger partial charge in [-0.05, 0) is 61.2 Å². The van der Waals surface area contributed by atoms with Crippen molar-refractivity contribution in [3.63, 3.8) is 0 Å². The molecule has 0 spiro atoms. The van der Waals surface area contributed by atoms with Crippen molar-refractivity contribution in [3.05, 3.63) is 59.6 Å². The van der Waals surface area contributed by atoms with E-state index >= 15 is 0 Å². The molecule has 42 heavy (non-hydrogen) atoms. The highest BCUT2D eigenvalue weighted by atomic mass is 32.1. The molecule has 1 atom stereocenters. The van der Waals surface area contributed by atoms with Crippen molar-refractivity contribution in [3.8, 4) is 0 Å². The van der Waals surface area contributed by atoms with Crippen LogP contribution in [0, 0.1) is 0 Å². The summed E-state index contributed by atoms with van der Waals surface area (Å²) >= 11 is 7.30. The van der Waals surface area contributed by atoms with E-state index in [4.69, 9.17) is 27.2 Å². The first kappa shape index (κ1) is 29.9. The molecule has 1 aliphatic carbocycles. The number of nitrogens with one attached hydrogen (secondary N) is 3. The Kier molecular flexibility index (Phi) is 10.4. The Hall–Kier alpha value is -3.57. The van der Waals surface area contributed by atoms with E-state index in [0.717, 1.165) is 40.5 Å². The van der Waals surface area contributed by atoms with Crippen LogP contribution in [-0.4, -0.2) is 69.7 Å². The number of hydrogen-bond donors (Lipinski definition) is 3. The van der Waals surface area contributed by atoms with Gasteiger partial charge in [0.1, 0.15) is 0 Å².